The summed E-state index contributed by atoms with van der Waals surface area (Å²) in [5.41, 5.74) is 3.50. The van der Waals surface area contributed by atoms with Gasteiger partial charge in [0.1, 0.15) is 17.1 Å². The molecule has 2 N–H and O–H groups in total. The van der Waals surface area contributed by atoms with Crippen molar-refractivity contribution in [2.24, 2.45) is 0 Å². The monoisotopic (exact) mass is 453 g/mol. The SMILES string of the molecule is O=C1c2[nH]nc(-c3ccccc3O)c2C(c2ccc(Br)cc2)N1CC1CCCO1. The number of para-hydroxylation sites is 1. The molecule has 2 aromatic carbocycles. The van der Waals surface area contributed by atoms with E-state index in [1.165, 1.54) is 0 Å². The molecule has 1 amide bonds. The number of phenols is 1. The highest BCUT2D eigenvalue weighted by Gasteiger charge is 2.43. The number of carbonyl (C=O) groups is 1. The van der Waals surface area contributed by atoms with E-state index in [0.717, 1.165) is 35.0 Å². The third-order valence-electron chi connectivity index (χ3n) is 5.63. The maximum atomic E-state index is 13.3. The van der Waals surface area contributed by atoms with Crippen molar-refractivity contribution in [2.45, 2.75) is 25.0 Å². The van der Waals surface area contributed by atoms with Crippen molar-refractivity contribution in [1.82, 2.24) is 15.1 Å². The minimum atomic E-state index is -0.289. The summed E-state index contributed by atoms with van der Waals surface area (Å²) in [7, 11) is 0. The fourth-order valence-corrected chi connectivity index (χ4v) is 4.53. The van der Waals surface area contributed by atoms with Gasteiger partial charge in [-0.15, -0.1) is 0 Å². The average molecular weight is 454 g/mol. The predicted octanol–water partition coefficient (Wildman–Crippen LogP) is 4.27. The van der Waals surface area contributed by atoms with Crippen molar-refractivity contribution in [2.75, 3.05) is 13.2 Å². The molecule has 148 valence electrons. The van der Waals surface area contributed by atoms with Crippen molar-refractivity contribution in [3.63, 3.8) is 0 Å². The lowest BCUT2D eigenvalue weighted by Crippen LogP contribution is -2.36. The van der Waals surface area contributed by atoms with Crippen LogP contribution < -0.4 is 0 Å². The number of phenolic OH excluding ortho intramolecular Hbond substituents is 1. The van der Waals surface area contributed by atoms with Crippen molar-refractivity contribution in [1.29, 1.82) is 0 Å². The van der Waals surface area contributed by atoms with Crippen LogP contribution in [0.3, 0.4) is 0 Å². The summed E-state index contributed by atoms with van der Waals surface area (Å²) in [4.78, 5) is 15.2. The standard InChI is InChI=1S/C22H20BrN3O3/c23-14-9-7-13(8-10-14)21-18-19(16-5-1-2-6-17(16)27)24-25-20(18)22(28)26(21)12-15-4-3-11-29-15/h1-2,5-10,15,21,27H,3-4,11-12H2,(H,24,25). The molecule has 2 aliphatic heterocycles. The Morgan fingerprint density at radius 2 is 2.00 bits per heavy atom. The van der Waals surface area contributed by atoms with E-state index in [0.29, 0.717) is 23.5 Å². The van der Waals surface area contributed by atoms with Gasteiger partial charge in [-0.05, 0) is 42.7 Å². The number of benzene rings is 2. The normalized spacial score (nSPS) is 21.0. The van der Waals surface area contributed by atoms with Crippen LogP contribution in [0.15, 0.2) is 53.0 Å². The summed E-state index contributed by atoms with van der Waals surface area (Å²) in [6.45, 7) is 1.27. The number of H-pyrrole nitrogens is 1. The Hall–Kier alpha value is -2.64. The maximum Gasteiger partial charge on any atom is 0.273 e. The number of hydrogen-bond donors (Lipinski definition) is 2. The second-order valence-electron chi connectivity index (χ2n) is 7.42. The number of nitrogens with zero attached hydrogens (tertiary/aromatic N) is 2. The smallest absolute Gasteiger partial charge is 0.273 e. The molecule has 2 aliphatic rings. The Labute approximate surface area is 176 Å². The van der Waals surface area contributed by atoms with E-state index in [1.807, 2.05) is 41.3 Å². The van der Waals surface area contributed by atoms with Gasteiger partial charge in [0.15, 0.2) is 0 Å². The van der Waals surface area contributed by atoms with Gasteiger partial charge in [-0.2, -0.15) is 5.10 Å². The Bertz CT molecular complexity index is 1060. The first-order chi connectivity index (χ1) is 14.1. The summed E-state index contributed by atoms with van der Waals surface area (Å²) in [6.07, 6.45) is 2.02. The van der Waals surface area contributed by atoms with Gasteiger partial charge in [0.05, 0.1) is 12.1 Å². The molecule has 7 heteroatoms. The van der Waals surface area contributed by atoms with E-state index in [1.54, 1.807) is 12.1 Å². The van der Waals surface area contributed by atoms with Gasteiger partial charge in [0.25, 0.3) is 5.91 Å². The first kappa shape index (κ1) is 18.4. The zero-order valence-corrected chi connectivity index (χ0v) is 17.2. The third-order valence-corrected chi connectivity index (χ3v) is 6.16. The molecule has 6 nitrogen and oxygen atoms in total. The molecular formula is C22H20BrN3O3. The van der Waals surface area contributed by atoms with Crippen molar-refractivity contribution in [3.05, 3.63) is 69.8 Å². The van der Waals surface area contributed by atoms with Gasteiger partial charge in [0.2, 0.25) is 0 Å². The number of aromatic amines is 1. The van der Waals surface area contributed by atoms with Crippen LogP contribution in [0, 0.1) is 0 Å². The number of rotatable bonds is 4. The Morgan fingerprint density at radius 3 is 2.72 bits per heavy atom. The number of carbonyl (C=O) groups excluding carboxylic acids is 1. The van der Waals surface area contributed by atoms with Crippen LogP contribution in [-0.2, 0) is 4.74 Å². The minimum absolute atomic E-state index is 0.0439. The number of aromatic nitrogens is 2. The van der Waals surface area contributed by atoms with Crippen LogP contribution in [0.1, 0.15) is 40.5 Å². The molecule has 2 atom stereocenters. The summed E-state index contributed by atoms with van der Waals surface area (Å²) >= 11 is 3.48. The Morgan fingerprint density at radius 1 is 1.21 bits per heavy atom. The molecule has 3 heterocycles. The number of hydrogen-bond acceptors (Lipinski definition) is 4. The summed E-state index contributed by atoms with van der Waals surface area (Å²) in [5, 5.41) is 17.7. The zero-order chi connectivity index (χ0) is 20.0. The first-order valence-corrected chi connectivity index (χ1v) is 10.5. The number of amides is 1. The number of ether oxygens (including phenoxy) is 1. The molecule has 0 radical (unpaired) electrons. The van der Waals surface area contributed by atoms with Crippen molar-refractivity contribution in [3.8, 4) is 17.0 Å². The van der Waals surface area contributed by atoms with E-state index in [9.17, 15) is 9.90 Å². The lowest BCUT2D eigenvalue weighted by molar-refractivity contribution is 0.0495. The second-order valence-corrected chi connectivity index (χ2v) is 8.34. The van der Waals surface area contributed by atoms with Crippen LogP contribution in [0.25, 0.3) is 11.3 Å². The van der Waals surface area contributed by atoms with Crippen LogP contribution in [0.5, 0.6) is 5.75 Å². The molecule has 1 saturated heterocycles. The number of aromatic hydroxyl groups is 1. The largest absolute Gasteiger partial charge is 0.507 e. The van der Waals surface area contributed by atoms with Gasteiger partial charge in [-0.3, -0.25) is 9.89 Å². The number of fused-ring (bicyclic) bond motifs is 1. The molecule has 0 spiro atoms. The van der Waals surface area contributed by atoms with E-state index < -0.39 is 0 Å². The molecule has 0 bridgehead atoms. The van der Waals surface area contributed by atoms with Crippen molar-refractivity contribution < 1.29 is 14.6 Å². The molecule has 1 fully saturated rings. The van der Waals surface area contributed by atoms with Crippen LogP contribution in [0.4, 0.5) is 0 Å². The average Bonchev–Trinajstić information content (AvgIpc) is 3.44. The highest BCUT2D eigenvalue weighted by atomic mass is 79.9. The zero-order valence-electron chi connectivity index (χ0n) is 15.6. The summed E-state index contributed by atoms with van der Waals surface area (Å²) in [5.74, 6) is 0.0546. The van der Waals surface area contributed by atoms with Gasteiger partial charge < -0.3 is 14.7 Å². The first-order valence-electron chi connectivity index (χ1n) is 9.68. The quantitative estimate of drug-likeness (QED) is 0.618. The van der Waals surface area contributed by atoms with Gasteiger partial charge >= 0.3 is 0 Å². The van der Waals surface area contributed by atoms with Crippen LogP contribution in [0.2, 0.25) is 0 Å². The van der Waals surface area contributed by atoms with E-state index in [2.05, 4.69) is 26.1 Å². The van der Waals surface area contributed by atoms with E-state index in [4.69, 9.17) is 4.74 Å². The lowest BCUT2D eigenvalue weighted by atomic mass is 9.95. The summed E-state index contributed by atoms with van der Waals surface area (Å²) < 4.78 is 6.79. The van der Waals surface area contributed by atoms with Gasteiger partial charge in [-0.25, -0.2) is 0 Å². The predicted molar refractivity (Wildman–Crippen MR) is 112 cm³/mol. The van der Waals surface area contributed by atoms with Gasteiger partial charge in [0, 0.05) is 28.8 Å². The molecule has 29 heavy (non-hydrogen) atoms. The molecule has 0 saturated carbocycles. The molecule has 0 aliphatic carbocycles. The summed E-state index contributed by atoms with van der Waals surface area (Å²) in [6, 6.07) is 14.8. The van der Waals surface area contributed by atoms with Crippen LogP contribution >= 0.6 is 15.9 Å². The molecule has 5 rings (SSSR count). The second kappa shape index (κ2) is 7.31. The molecule has 1 aromatic heterocycles. The number of nitrogens with one attached hydrogen (secondary N) is 1. The Kier molecular flexibility index (Phi) is 4.64. The maximum absolute atomic E-state index is 13.3. The fraction of sp³-hybridized carbons (Fsp3) is 0.273. The minimum Gasteiger partial charge on any atom is -0.507 e. The number of halogens is 1. The third kappa shape index (κ3) is 3.14. The lowest BCUT2D eigenvalue weighted by Gasteiger charge is -2.28. The van der Waals surface area contributed by atoms with Gasteiger partial charge in [-0.1, -0.05) is 40.2 Å². The van der Waals surface area contributed by atoms with Crippen LogP contribution in [-0.4, -0.2) is 45.4 Å². The van der Waals surface area contributed by atoms with Crippen molar-refractivity contribution >= 4 is 21.8 Å². The highest BCUT2D eigenvalue weighted by molar-refractivity contribution is 9.10. The fourth-order valence-electron chi connectivity index (χ4n) is 4.26. The topological polar surface area (TPSA) is 78.5 Å². The molecule has 3 aromatic rings. The Balaban J connectivity index is 1.64. The van der Waals surface area contributed by atoms with E-state index >= 15 is 0 Å². The highest BCUT2D eigenvalue weighted by Crippen LogP contribution is 2.44. The molecular weight excluding hydrogens is 434 g/mol. The molecule has 2 unspecified atom stereocenters. The van der Waals surface area contributed by atoms with E-state index in [-0.39, 0.29) is 23.8 Å².